The molecule has 80 valence electrons. The van der Waals surface area contributed by atoms with Crippen LogP contribution in [0, 0.1) is 0 Å². The SMILES string of the molecule is CCS(=O)(=O)CN1CC(C)=NNC1=O. The third-order valence-electron chi connectivity index (χ3n) is 1.84. The lowest BCUT2D eigenvalue weighted by Gasteiger charge is -2.24. The van der Waals surface area contributed by atoms with Gasteiger partial charge >= 0.3 is 6.03 Å². The molecule has 0 atom stereocenters. The second kappa shape index (κ2) is 3.95. The predicted molar refractivity (Wildman–Crippen MR) is 52.7 cm³/mol. The summed E-state index contributed by atoms with van der Waals surface area (Å²) in [6, 6.07) is -0.465. The second-order valence-corrected chi connectivity index (χ2v) is 5.45. The van der Waals surface area contributed by atoms with Crippen LogP contribution in [0.5, 0.6) is 0 Å². The number of carbonyl (C=O) groups excluding carboxylic acids is 1. The fraction of sp³-hybridized carbons (Fsp3) is 0.714. The Bertz CT molecular complexity index is 360. The molecule has 2 amide bonds. The molecule has 0 aromatic rings. The molecule has 6 nitrogen and oxygen atoms in total. The molecule has 0 bridgehead atoms. The maximum atomic E-state index is 11.3. The number of carbonyl (C=O) groups is 1. The first kappa shape index (κ1) is 11.0. The number of rotatable bonds is 3. The third kappa shape index (κ3) is 2.69. The van der Waals surface area contributed by atoms with Gasteiger partial charge in [0, 0.05) is 5.75 Å². The number of sulfone groups is 1. The van der Waals surface area contributed by atoms with Crippen LogP contribution < -0.4 is 5.43 Å². The molecule has 1 heterocycles. The number of nitrogens with zero attached hydrogens (tertiary/aromatic N) is 2. The van der Waals surface area contributed by atoms with E-state index in [4.69, 9.17) is 0 Å². The van der Waals surface area contributed by atoms with Gasteiger partial charge in [0.15, 0.2) is 9.84 Å². The van der Waals surface area contributed by atoms with Crippen molar-refractivity contribution < 1.29 is 13.2 Å². The molecule has 0 aromatic carbocycles. The second-order valence-electron chi connectivity index (χ2n) is 3.12. The van der Waals surface area contributed by atoms with Gasteiger partial charge in [-0.2, -0.15) is 5.10 Å². The molecule has 0 fully saturated rings. The Kier molecular flexibility index (Phi) is 3.10. The van der Waals surface area contributed by atoms with Crippen molar-refractivity contribution in [2.24, 2.45) is 5.10 Å². The number of hydrazone groups is 1. The highest BCUT2D eigenvalue weighted by molar-refractivity contribution is 7.91. The smallest absolute Gasteiger partial charge is 0.303 e. The molecule has 7 heteroatoms. The van der Waals surface area contributed by atoms with Crippen LogP contribution in [0.25, 0.3) is 0 Å². The highest BCUT2D eigenvalue weighted by Gasteiger charge is 2.23. The van der Waals surface area contributed by atoms with Crippen LogP contribution >= 0.6 is 0 Å². The van der Waals surface area contributed by atoms with Crippen LogP contribution in [0.2, 0.25) is 0 Å². The van der Waals surface area contributed by atoms with Gasteiger partial charge in [0.2, 0.25) is 0 Å². The van der Waals surface area contributed by atoms with E-state index < -0.39 is 15.9 Å². The van der Waals surface area contributed by atoms with Crippen LogP contribution in [-0.2, 0) is 9.84 Å². The lowest BCUT2D eigenvalue weighted by molar-refractivity contribution is 0.209. The molecule has 0 radical (unpaired) electrons. The van der Waals surface area contributed by atoms with E-state index in [2.05, 4.69) is 10.5 Å². The van der Waals surface area contributed by atoms with Crippen molar-refractivity contribution in [2.75, 3.05) is 18.2 Å². The molecular formula is C7H13N3O3S. The van der Waals surface area contributed by atoms with Gasteiger partial charge in [-0.15, -0.1) is 0 Å². The van der Waals surface area contributed by atoms with Gasteiger partial charge in [-0.1, -0.05) is 6.92 Å². The maximum absolute atomic E-state index is 11.3. The van der Waals surface area contributed by atoms with E-state index in [1.807, 2.05) is 0 Å². The summed E-state index contributed by atoms with van der Waals surface area (Å²) in [5.41, 5.74) is 2.93. The van der Waals surface area contributed by atoms with E-state index in [-0.39, 0.29) is 18.2 Å². The summed E-state index contributed by atoms with van der Waals surface area (Å²) in [7, 11) is -3.17. The highest BCUT2D eigenvalue weighted by atomic mass is 32.2. The molecule has 1 N–H and O–H groups in total. The lowest BCUT2D eigenvalue weighted by atomic mass is 10.4. The van der Waals surface area contributed by atoms with E-state index in [1.165, 1.54) is 4.90 Å². The Labute approximate surface area is 82.9 Å². The van der Waals surface area contributed by atoms with Crippen LogP contribution in [0.4, 0.5) is 4.79 Å². The van der Waals surface area contributed by atoms with Crippen LogP contribution in [0.1, 0.15) is 13.8 Å². The van der Waals surface area contributed by atoms with Crippen LogP contribution in [0.3, 0.4) is 0 Å². The largest absolute Gasteiger partial charge is 0.338 e. The third-order valence-corrected chi connectivity index (χ3v) is 3.43. The average molecular weight is 219 g/mol. The Balaban J connectivity index is 2.71. The zero-order chi connectivity index (χ0) is 10.8. The van der Waals surface area contributed by atoms with Crippen molar-refractivity contribution in [1.29, 1.82) is 0 Å². The summed E-state index contributed by atoms with van der Waals surface area (Å²) in [5, 5.41) is 3.70. The van der Waals surface area contributed by atoms with Gasteiger partial charge in [-0.3, -0.25) is 0 Å². The molecule has 1 aliphatic heterocycles. The summed E-state index contributed by atoms with van der Waals surface area (Å²) in [5.74, 6) is -0.213. The van der Waals surface area contributed by atoms with Crippen molar-refractivity contribution in [3.8, 4) is 0 Å². The minimum absolute atomic E-state index is 0.0347. The van der Waals surface area contributed by atoms with Gasteiger partial charge in [-0.25, -0.2) is 18.6 Å². The van der Waals surface area contributed by atoms with Gasteiger partial charge in [0.1, 0.15) is 5.88 Å². The van der Waals surface area contributed by atoms with Crippen molar-refractivity contribution >= 4 is 21.6 Å². The summed E-state index contributed by atoms with van der Waals surface area (Å²) in [6.07, 6.45) is 0. The zero-order valence-corrected chi connectivity index (χ0v) is 8.97. The van der Waals surface area contributed by atoms with E-state index >= 15 is 0 Å². The first-order valence-electron chi connectivity index (χ1n) is 4.23. The molecule has 0 saturated carbocycles. The van der Waals surface area contributed by atoms with Crippen LogP contribution in [-0.4, -0.2) is 43.2 Å². The molecule has 0 aliphatic carbocycles. The molecule has 0 saturated heterocycles. The highest BCUT2D eigenvalue weighted by Crippen LogP contribution is 2.01. The van der Waals surface area contributed by atoms with Gasteiger partial charge < -0.3 is 4.90 Å². The van der Waals surface area contributed by atoms with Gasteiger partial charge in [-0.05, 0) is 6.92 Å². The molecular weight excluding hydrogens is 206 g/mol. The Hall–Kier alpha value is -1.11. The van der Waals surface area contributed by atoms with Crippen molar-refractivity contribution in [1.82, 2.24) is 10.3 Å². The zero-order valence-electron chi connectivity index (χ0n) is 8.15. The Morgan fingerprint density at radius 1 is 1.57 bits per heavy atom. The number of amides is 2. The van der Waals surface area contributed by atoms with Crippen molar-refractivity contribution in [2.45, 2.75) is 13.8 Å². The predicted octanol–water partition coefficient (Wildman–Crippen LogP) is -0.220. The Morgan fingerprint density at radius 3 is 2.79 bits per heavy atom. The van der Waals surface area contributed by atoms with Gasteiger partial charge in [0.05, 0.1) is 12.3 Å². The van der Waals surface area contributed by atoms with E-state index in [0.717, 1.165) is 0 Å². The normalized spacial score (nSPS) is 17.7. The van der Waals surface area contributed by atoms with Gasteiger partial charge in [0.25, 0.3) is 0 Å². The summed E-state index contributed by atoms with van der Waals surface area (Å²) < 4.78 is 22.5. The molecule has 0 unspecified atom stereocenters. The molecule has 1 rings (SSSR count). The van der Waals surface area contributed by atoms with E-state index in [9.17, 15) is 13.2 Å². The molecule has 1 aliphatic rings. The Morgan fingerprint density at radius 2 is 2.21 bits per heavy atom. The minimum atomic E-state index is -3.17. The summed E-state index contributed by atoms with van der Waals surface area (Å²) in [4.78, 5) is 12.4. The number of hydrogen-bond acceptors (Lipinski definition) is 4. The molecule has 0 spiro atoms. The molecule has 14 heavy (non-hydrogen) atoms. The van der Waals surface area contributed by atoms with Crippen molar-refractivity contribution in [3.63, 3.8) is 0 Å². The van der Waals surface area contributed by atoms with Crippen LogP contribution in [0.15, 0.2) is 5.10 Å². The first-order valence-corrected chi connectivity index (χ1v) is 6.05. The summed E-state index contributed by atoms with van der Waals surface area (Å²) >= 11 is 0. The van der Waals surface area contributed by atoms with E-state index in [0.29, 0.717) is 5.71 Å². The maximum Gasteiger partial charge on any atom is 0.338 e. The quantitative estimate of drug-likeness (QED) is 0.712. The number of urea groups is 1. The monoisotopic (exact) mass is 219 g/mol. The van der Waals surface area contributed by atoms with E-state index in [1.54, 1.807) is 13.8 Å². The number of hydrogen-bond donors (Lipinski definition) is 1. The molecule has 0 aromatic heterocycles. The fourth-order valence-corrected chi connectivity index (χ4v) is 1.90. The first-order chi connectivity index (χ1) is 6.44. The topological polar surface area (TPSA) is 78.8 Å². The lowest BCUT2D eigenvalue weighted by Crippen LogP contribution is -2.47. The average Bonchev–Trinajstić information content (AvgIpc) is 2.11. The number of nitrogens with one attached hydrogen (secondary N) is 1. The standard InChI is InChI=1S/C7H13N3O3S/c1-3-14(12,13)5-10-4-6(2)8-9-7(10)11/h3-5H2,1-2H3,(H,9,11). The fourth-order valence-electron chi connectivity index (χ4n) is 1.03. The van der Waals surface area contributed by atoms with Crippen molar-refractivity contribution in [3.05, 3.63) is 0 Å². The minimum Gasteiger partial charge on any atom is -0.303 e. The summed E-state index contributed by atoms with van der Waals surface area (Å²) in [6.45, 7) is 3.55.